The topological polar surface area (TPSA) is 30.5 Å². The number of hydrogen-bond acceptors (Lipinski definition) is 3. The van der Waals surface area contributed by atoms with Crippen LogP contribution in [0.4, 0.5) is 0 Å². The fourth-order valence-electron chi connectivity index (χ4n) is 2.40. The van der Waals surface area contributed by atoms with Crippen LogP contribution in [0.25, 0.3) is 0 Å². The van der Waals surface area contributed by atoms with E-state index in [4.69, 9.17) is 9.47 Å². The van der Waals surface area contributed by atoms with Crippen LogP contribution in [0.1, 0.15) is 38.2 Å². The van der Waals surface area contributed by atoms with Crippen molar-refractivity contribution in [1.29, 1.82) is 0 Å². The van der Waals surface area contributed by atoms with Gasteiger partial charge in [-0.25, -0.2) is 0 Å². The number of hydrogen-bond donors (Lipinski definition) is 1. The van der Waals surface area contributed by atoms with Crippen molar-refractivity contribution in [2.45, 2.75) is 38.7 Å². The summed E-state index contributed by atoms with van der Waals surface area (Å²) in [7, 11) is 0. The Morgan fingerprint density at radius 2 is 2.30 bits per heavy atom. The van der Waals surface area contributed by atoms with Crippen LogP contribution in [-0.4, -0.2) is 32.4 Å². The van der Waals surface area contributed by atoms with Crippen molar-refractivity contribution < 1.29 is 9.47 Å². The first-order valence-electron chi connectivity index (χ1n) is 7.41. The highest BCUT2D eigenvalue weighted by Gasteiger charge is 2.14. The Morgan fingerprint density at radius 3 is 3.00 bits per heavy atom. The summed E-state index contributed by atoms with van der Waals surface area (Å²) in [5.74, 6) is 1.45. The standard InChI is InChI=1S/C16H24BrNO2/c1-12(2)15-10-13(17)5-6-16(15)20-9-7-18-11-14-4-3-8-19-14/h5-6,10,12,14,18H,3-4,7-9,11H2,1-2H3. The minimum atomic E-state index is 0.397. The number of halogens is 1. The zero-order valence-electron chi connectivity index (χ0n) is 12.3. The molecule has 1 N–H and O–H groups in total. The highest BCUT2D eigenvalue weighted by Crippen LogP contribution is 2.29. The zero-order valence-corrected chi connectivity index (χ0v) is 13.9. The molecule has 0 spiro atoms. The third kappa shape index (κ3) is 4.76. The van der Waals surface area contributed by atoms with Crippen LogP contribution in [0, 0.1) is 0 Å². The number of nitrogens with one attached hydrogen (secondary N) is 1. The second kappa shape index (κ2) is 8.01. The second-order valence-electron chi connectivity index (χ2n) is 5.52. The van der Waals surface area contributed by atoms with E-state index in [2.05, 4.69) is 41.2 Å². The Bertz CT molecular complexity index is 417. The average Bonchev–Trinajstić information content (AvgIpc) is 2.92. The smallest absolute Gasteiger partial charge is 0.122 e. The molecule has 0 saturated carbocycles. The van der Waals surface area contributed by atoms with Crippen molar-refractivity contribution in [1.82, 2.24) is 5.32 Å². The molecule has 112 valence electrons. The van der Waals surface area contributed by atoms with Gasteiger partial charge in [-0.3, -0.25) is 0 Å². The maximum absolute atomic E-state index is 5.89. The van der Waals surface area contributed by atoms with Crippen LogP contribution in [0.2, 0.25) is 0 Å². The summed E-state index contributed by atoms with van der Waals surface area (Å²) >= 11 is 3.51. The van der Waals surface area contributed by atoms with Gasteiger partial charge in [-0.1, -0.05) is 29.8 Å². The van der Waals surface area contributed by atoms with Crippen molar-refractivity contribution in [3.63, 3.8) is 0 Å². The molecule has 1 aromatic rings. The molecule has 1 fully saturated rings. The monoisotopic (exact) mass is 341 g/mol. The number of ether oxygens (including phenoxy) is 2. The van der Waals surface area contributed by atoms with Crippen molar-refractivity contribution in [2.24, 2.45) is 0 Å². The van der Waals surface area contributed by atoms with Crippen molar-refractivity contribution in [3.8, 4) is 5.75 Å². The summed E-state index contributed by atoms with van der Waals surface area (Å²) in [6.45, 7) is 7.76. The van der Waals surface area contributed by atoms with Gasteiger partial charge in [0.05, 0.1) is 6.10 Å². The minimum Gasteiger partial charge on any atom is -0.492 e. The lowest BCUT2D eigenvalue weighted by atomic mass is 10.0. The second-order valence-corrected chi connectivity index (χ2v) is 6.44. The predicted molar refractivity (Wildman–Crippen MR) is 85.6 cm³/mol. The van der Waals surface area contributed by atoms with Gasteiger partial charge in [-0.15, -0.1) is 0 Å². The highest BCUT2D eigenvalue weighted by atomic mass is 79.9. The van der Waals surface area contributed by atoms with Crippen molar-refractivity contribution >= 4 is 15.9 Å². The van der Waals surface area contributed by atoms with Crippen LogP contribution in [0.3, 0.4) is 0 Å². The first-order valence-corrected chi connectivity index (χ1v) is 8.20. The summed E-state index contributed by atoms with van der Waals surface area (Å²) in [5.41, 5.74) is 1.25. The molecule has 0 aromatic heterocycles. The Labute approximate surface area is 130 Å². The molecule has 20 heavy (non-hydrogen) atoms. The maximum atomic E-state index is 5.89. The maximum Gasteiger partial charge on any atom is 0.122 e. The molecule has 4 heteroatoms. The number of benzene rings is 1. The summed E-state index contributed by atoms with van der Waals surface area (Å²) in [5, 5.41) is 3.40. The lowest BCUT2D eigenvalue weighted by molar-refractivity contribution is 0.109. The molecule has 2 rings (SSSR count). The molecule has 1 aliphatic rings. The minimum absolute atomic E-state index is 0.397. The molecule has 1 saturated heterocycles. The predicted octanol–water partition coefficient (Wildman–Crippen LogP) is 3.72. The lowest BCUT2D eigenvalue weighted by Gasteiger charge is -2.15. The van der Waals surface area contributed by atoms with Crippen LogP contribution >= 0.6 is 15.9 Å². The molecule has 0 amide bonds. The third-order valence-corrected chi connectivity index (χ3v) is 4.02. The molecule has 1 aromatic carbocycles. The van der Waals surface area contributed by atoms with Gasteiger partial charge < -0.3 is 14.8 Å². The number of rotatable bonds is 7. The quantitative estimate of drug-likeness (QED) is 0.766. The fraction of sp³-hybridized carbons (Fsp3) is 0.625. The van der Waals surface area contributed by atoms with Gasteiger partial charge >= 0.3 is 0 Å². The summed E-state index contributed by atoms with van der Waals surface area (Å²) in [6, 6.07) is 6.21. The Balaban J connectivity index is 1.73. The first-order chi connectivity index (χ1) is 9.66. The van der Waals surface area contributed by atoms with Crippen LogP contribution in [-0.2, 0) is 4.74 Å². The lowest BCUT2D eigenvalue weighted by Crippen LogP contribution is -2.29. The zero-order chi connectivity index (χ0) is 14.4. The van der Waals surface area contributed by atoms with Crippen molar-refractivity contribution in [2.75, 3.05) is 26.3 Å². The van der Waals surface area contributed by atoms with E-state index in [9.17, 15) is 0 Å². The third-order valence-electron chi connectivity index (χ3n) is 3.53. The van der Waals surface area contributed by atoms with Gasteiger partial charge in [0.1, 0.15) is 12.4 Å². The Kier molecular flexibility index (Phi) is 6.33. The largest absolute Gasteiger partial charge is 0.492 e. The van der Waals surface area contributed by atoms with Gasteiger partial charge in [-0.05, 0) is 42.5 Å². The SMILES string of the molecule is CC(C)c1cc(Br)ccc1OCCNCC1CCCO1. The van der Waals surface area contributed by atoms with Crippen LogP contribution in [0.5, 0.6) is 5.75 Å². The van der Waals surface area contributed by atoms with Crippen LogP contribution < -0.4 is 10.1 Å². The Morgan fingerprint density at radius 1 is 1.45 bits per heavy atom. The van der Waals surface area contributed by atoms with E-state index in [1.54, 1.807) is 0 Å². The van der Waals surface area contributed by atoms with Gasteiger partial charge in [0.15, 0.2) is 0 Å². The molecule has 0 radical (unpaired) electrons. The average molecular weight is 342 g/mol. The molecule has 3 nitrogen and oxygen atoms in total. The van der Waals surface area contributed by atoms with E-state index in [0.29, 0.717) is 18.6 Å². The van der Waals surface area contributed by atoms with E-state index in [-0.39, 0.29) is 0 Å². The van der Waals surface area contributed by atoms with E-state index in [1.165, 1.54) is 18.4 Å². The molecule has 1 heterocycles. The highest BCUT2D eigenvalue weighted by molar-refractivity contribution is 9.10. The summed E-state index contributed by atoms with van der Waals surface area (Å²) in [4.78, 5) is 0. The summed E-state index contributed by atoms with van der Waals surface area (Å²) in [6.07, 6.45) is 2.77. The van der Waals surface area contributed by atoms with Crippen molar-refractivity contribution in [3.05, 3.63) is 28.2 Å². The van der Waals surface area contributed by atoms with E-state index in [1.807, 2.05) is 12.1 Å². The van der Waals surface area contributed by atoms with Crippen LogP contribution in [0.15, 0.2) is 22.7 Å². The Hall–Kier alpha value is -0.580. The molecule has 1 unspecified atom stereocenters. The molecular weight excluding hydrogens is 318 g/mol. The van der Waals surface area contributed by atoms with E-state index < -0.39 is 0 Å². The van der Waals surface area contributed by atoms with Gasteiger partial charge in [0.2, 0.25) is 0 Å². The van der Waals surface area contributed by atoms with E-state index >= 15 is 0 Å². The molecular formula is C16H24BrNO2. The molecule has 1 atom stereocenters. The molecule has 0 aliphatic carbocycles. The normalized spacial score (nSPS) is 18.7. The molecule has 0 bridgehead atoms. The molecule has 1 aliphatic heterocycles. The van der Waals surface area contributed by atoms with Gasteiger partial charge in [-0.2, -0.15) is 0 Å². The fourth-order valence-corrected chi connectivity index (χ4v) is 2.78. The van der Waals surface area contributed by atoms with Gasteiger partial charge in [0.25, 0.3) is 0 Å². The summed E-state index contributed by atoms with van der Waals surface area (Å²) < 4.78 is 12.6. The van der Waals surface area contributed by atoms with Gasteiger partial charge in [0, 0.05) is 24.2 Å². The van der Waals surface area contributed by atoms with E-state index in [0.717, 1.165) is 29.9 Å². The first kappa shape index (κ1) is 15.8.